The Hall–Kier alpha value is -0.970. The molecule has 2 rings (SSSR count). The van der Waals surface area contributed by atoms with Gasteiger partial charge in [-0.1, -0.05) is 17.7 Å². The van der Waals surface area contributed by atoms with Gasteiger partial charge in [-0.05, 0) is 26.0 Å². The molecule has 0 bridgehead atoms. The van der Waals surface area contributed by atoms with Crippen molar-refractivity contribution in [2.45, 2.75) is 25.9 Å². The van der Waals surface area contributed by atoms with Gasteiger partial charge in [0.1, 0.15) is 10.8 Å². The lowest BCUT2D eigenvalue weighted by Gasteiger charge is -2.24. The van der Waals surface area contributed by atoms with Crippen LogP contribution in [0.2, 0.25) is 5.02 Å². The fraction of sp³-hybridized carbons (Fsp3) is 0.308. The van der Waals surface area contributed by atoms with Crippen molar-refractivity contribution in [2.24, 2.45) is 0 Å². The van der Waals surface area contributed by atoms with Crippen LogP contribution in [0.5, 0.6) is 0 Å². The molecule has 5 heteroatoms. The molecule has 0 saturated heterocycles. The Bertz CT molecular complexity index is 526. The summed E-state index contributed by atoms with van der Waals surface area (Å²) in [7, 11) is 0. The molecule has 1 heterocycles. The molecular formula is C13H14ClFN2S. The first-order chi connectivity index (χ1) is 8.49. The SMILES string of the molecule is CC(C)(NCc1ccc(Cl)cc1F)c1nccs1. The largest absolute Gasteiger partial charge is 0.302 e. The molecule has 0 saturated carbocycles. The van der Waals surface area contributed by atoms with Crippen molar-refractivity contribution in [3.8, 4) is 0 Å². The Kier molecular flexibility index (Phi) is 4.00. The van der Waals surface area contributed by atoms with E-state index < -0.39 is 0 Å². The van der Waals surface area contributed by atoms with Crippen LogP contribution in [-0.4, -0.2) is 4.98 Å². The summed E-state index contributed by atoms with van der Waals surface area (Å²) in [5.41, 5.74) is 0.323. The molecule has 2 aromatic rings. The number of nitrogens with zero attached hydrogens (tertiary/aromatic N) is 1. The molecule has 18 heavy (non-hydrogen) atoms. The number of thiazole rings is 1. The Morgan fingerprint density at radius 3 is 2.83 bits per heavy atom. The quantitative estimate of drug-likeness (QED) is 0.919. The van der Waals surface area contributed by atoms with Crippen molar-refractivity contribution in [1.82, 2.24) is 10.3 Å². The smallest absolute Gasteiger partial charge is 0.129 e. The molecule has 0 unspecified atom stereocenters. The second-order valence-electron chi connectivity index (χ2n) is 4.55. The maximum atomic E-state index is 13.6. The molecule has 0 aliphatic rings. The summed E-state index contributed by atoms with van der Waals surface area (Å²) in [6.07, 6.45) is 1.77. The van der Waals surface area contributed by atoms with Crippen molar-refractivity contribution in [2.75, 3.05) is 0 Å². The summed E-state index contributed by atoms with van der Waals surface area (Å²) in [5.74, 6) is -0.287. The van der Waals surface area contributed by atoms with Gasteiger partial charge in [0.15, 0.2) is 0 Å². The van der Waals surface area contributed by atoms with Gasteiger partial charge in [0.05, 0.1) is 5.54 Å². The van der Waals surface area contributed by atoms with Crippen molar-refractivity contribution in [3.63, 3.8) is 0 Å². The van der Waals surface area contributed by atoms with Gasteiger partial charge in [-0.25, -0.2) is 9.37 Å². The lowest BCUT2D eigenvalue weighted by molar-refractivity contribution is 0.395. The van der Waals surface area contributed by atoms with E-state index in [-0.39, 0.29) is 11.4 Å². The van der Waals surface area contributed by atoms with Crippen LogP contribution >= 0.6 is 22.9 Å². The predicted molar refractivity (Wildman–Crippen MR) is 73.4 cm³/mol. The van der Waals surface area contributed by atoms with E-state index >= 15 is 0 Å². The van der Waals surface area contributed by atoms with Crippen LogP contribution in [0.3, 0.4) is 0 Å². The number of benzene rings is 1. The highest BCUT2D eigenvalue weighted by Gasteiger charge is 2.22. The van der Waals surface area contributed by atoms with Crippen LogP contribution in [0.25, 0.3) is 0 Å². The fourth-order valence-corrected chi connectivity index (χ4v) is 2.49. The van der Waals surface area contributed by atoms with E-state index in [1.807, 2.05) is 19.2 Å². The summed E-state index contributed by atoms with van der Waals surface area (Å²) in [6.45, 7) is 4.49. The van der Waals surface area contributed by atoms with Gasteiger partial charge in [0, 0.05) is 28.7 Å². The van der Waals surface area contributed by atoms with Crippen LogP contribution in [-0.2, 0) is 12.1 Å². The summed E-state index contributed by atoms with van der Waals surface area (Å²) < 4.78 is 13.6. The van der Waals surface area contributed by atoms with Gasteiger partial charge < -0.3 is 5.32 Å². The van der Waals surface area contributed by atoms with Crippen LogP contribution < -0.4 is 5.32 Å². The minimum Gasteiger partial charge on any atom is -0.302 e. The lowest BCUT2D eigenvalue weighted by Crippen LogP contribution is -2.36. The maximum absolute atomic E-state index is 13.6. The van der Waals surface area contributed by atoms with Gasteiger partial charge in [-0.3, -0.25) is 0 Å². The van der Waals surface area contributed by atoms with Crippen molar-refractivity contribution in [3.05, 3.63) is 51.2 Å². The minimum absolute atomic E-state index is 0.278. The molecule has 2 nitrogen and oxygen atoms in total. The molecule has 1 N–H and O–H groups in total. The molecule has 0 spiro atoms. The standard InChI is InChI=1S/C13H14ClFN2S/c1-13(2,12-16-5-6-18-12)17-8-9-3-4-10(14)7-11(9)15/h3-7,17H,8H2,1-2H3. The minimum atomic E-state index is -0.287. The molecule has 0 atom stereocenters. The second kappa shape index (κ2) is 5.34. The van der Waals surface area contributed by atoms with E-state index in [4.69, 9.17) is 11.6 Å². The topological polar surface area (TPSA) is 24.9 Å². The van der Waals surface area contributed by atoms with Crippen LogP contribution in [0.15, 0.2) is 29.8 Å². The van der Waals surface area contributed by atoms with E-state index in [0.717, 1.165) is 5.01 Å². The summed E-state index contributed by atoms with van der Waals surface area (Å²) in [6, 6.07) is 4.72. The summed E-state index contributed by atoms with van der Waals surface area (Å²) >= 11 is 7.30. The monoisotopic (exact) mass is 284 g/mol. The third-order valence-electron chi connectivity index (χ3n) is 2.70. The average molecular weight is 285 g/mol. The number of halogens is 2. The summed E-state index contributed by atoms with van der Waals surface area (Å²) in [5, 5.41) is 6.63. The molecular weight excluding hydrogens is 271 g/mol. The Morgan fingerprint density at radius 2 is 2.22 bits per heavy atom. The molecule has 0 radical (unpaired) electrons. The van der Waals surface area contributed by atoms with Gasteiger partial charge in [0.2, 0.25) is 0 Å². The highest BCUT2D eigenvalue weighted by Crippen LogP contribution is 2.23. The average Bonchev–Trinajstić information content (AvgIpc) is 2.82. The van der Waals surface area contributed by atoms with E-state index in [1.54, 1.807) is 29.7 Å². The number of hydrogen-bond acceptors (Lipinski definition) is 3. The van der Waals surface area contributed by atoms with Gasteiger partial charge >= 0.3 is 0 Å². The van der Waals surface area contributed by atoms with Gasteiger partial charge in [-0.2, -0.15) is 0 Å². The molecule has 96 valence electrons. The highest BCUT2D eigenvalue weighted by atomic mass is 35.5. The highest BCUT2D eigenvalue weighted by molar-refractivity contribution is 7.09. The molecule has 1 aromatic heterocycles. The fourth-order valence-electron chi connectivity index (χ4n) is 1.59. The van der Waals surface area contributed by atoms with Crippen LogP contribution in [0, 0.1) is 5.82 Å². The number of aromatic nitrogens is 1. The van der Waals surface area contributed by atoms with Gasteiger partial charge in [-0.15, -0.1) is 11.3 Å². The lowest BCUT2D eigenvalue weighted by atomic mass is 10.1. The zero-order chi connectivity index (χ0) is 13.2. The third kappa shape index (κ3) is 3.07. The zero-order valence-electron chi connectivity index (χ0n) is 10.2. The van der Waals surface area contributed by atoms with E-state index in [0.29, 0.717) is 17.1 Å². The Labute approximate surface area is 115 Å². The Morgan fingerprint density at radius 1 is 1.44 bits per heavy atom. The predicted octanol–water partition coefficient (Wildman–Crippen LogP) is 3.96. The van der Waals surface area contributed by atoms with Crippen LogP contribution in [0.4, 0.5) is 4.39 Å². The Balaban J connectivity index is 2.07. The maximum Gasteiger partial charge on any atom is 0.129 e. The van der Waals surface area contributed by atoms with E-state index in [1.165, 1.54) is 6.07 Å². The molecule has 1 aromatic carbocycles. The normalized spacial score (nSPS) is 11.8. The first-order valence-corrected chi connectivity index (χ1v) is 6.84. The van der Waals surface area contributed by atoms with Gasteiger partial charge in [0.25, 0.3) is 0 Å². The zero-order valence-corrected chi connectivity index (χ0v) is 11.8. The van der Waals surface area contributed by atoms with E-state index in [2.05, 4.69) is 10.3 Å². The number of hydrogen-bond donors (Lipinski definition) is 1. The molecule has 0 aliphatic heterocycles. The number of nitrogens with one attached hydrogen (secondary N) is 1. The molecule has 0 fully saturated rings. The summed E-state index contributed by atoms with van der Waals surface area (Å²) in [4.78, 5) is 4.28. The first-order valence-electron chi connectivity index (χ1n) is 5.58. The van der Waals surface area contributed by atoms with Crippen molar-refractivity contribution >= 4 is 22.9 Å². The molecule has 0 aliphatic carbocycles. The van der Waals surface area contributed by atoms with Crippen LogP contribution in [0.1, 0.15) is 24.4 Å². The first kappa shape index (κ1) is 13.5. The second-order valence-corrected chi connectivity index (χ2v) is 5.88. The molecule has 0 amide bonds. The number of rotatable bonds is 4. The third-order valence-corrected chi connectivity index (χ3v) is 4.03. The van der Waals surface area contributed by atoms with Crippen molar-refractivity contribution in [1.29, 1.82) is 0 Å². The van der Waals surface area contributed by atoms with Crippen molar-refractivity contribution < 1.29 is 4.39 Å². The van der Waals surface area contributed by atoms with E-state index in [9.17, 15) is 4.39 Å².